The van der Waals surface area contributed by atoms with Crippen LogP contribution in [0.1, 0.15) is 0 Å². The van der Waals surface area contributed by atoms with E-state index in [2.05, 4.69) is 20.2 Å². The Bertz CT molecular complexity index is 570. The minimum Gasteiger partial charge on any atom is -0.261 e. The zero-order valence-electron chi connectivity index (χ0n) is 6.73. The second-order valence-electron chi connectivity index (χ2n) is 2.83. The monoisotopic (exact) mass is 170 g/mol. The lowest BCUT2D eigenvalue weighted by Gasteiger charge is -1.95. The summed E-state index contributed by atoms with van der Waals surface area (Å²) < 4.78 is 0. The Morgan fingerprint density at radius 3 is 3.08 bits per heavy atom. The number of hydrogen-bond donors (Lipinski definition) is 1. The molecule has 1 N–H and O–H groups in total. The first-order valence-corrected chi connectivity index (χ1v) is 3.98. The molecule has 3 aromatic heterocycles. The standard InChI is InChI=1S/C9H6N4/c1-2-6-7-4-12-13-9(7)11-5-8(6)10-3-1/h1-5H,(H,11,12,13). The summed E-state index contributed by atoms with van der Waals surface area (Å²) in [6.07, 6.45) is 5.28. The largest absolute Gasteiger partial charge is 0.261 e. The number of nitrogens with one attached hydrogen (secondary N) is 1. The summed E-state index contributed by atoms with van der Waals surface area (Å²) in [5, 5.41) is 8.86. The lowest BCUT2D eigenvalue weighted by Crippen LogP contribution is -1.81. The maximum atomic E-state index is 4.21. The molecule has 0 aliphatic heterocycles. The molecule has 0 aromatic carbocycles. The van der Waals surface area contributed by atoms with Crippen LogP contribution in [0.15, 0.2) is 30.7 Å². The molecule has 3 aromatic rings. The third kappa shape index (κ3) is 0.823. The molecule has 62 valence electrons. The van der Waals surface area contributed by atoms with Crippen molar-refractivity contribution >= 4 is 21.9 Å². The van der Waals surface area contributed by atoms with Crippen LogP contribution in [0.5, 0.6) is 0 Å². The van der Waals surface area contributed by atoms with E-state index in [0.29, 0.717) is 0 Å². The number of H-pyrrole nitrogens is 1. The molecule has 0 saturated carbocycles. The molecule has 0 aliphatic carbocycles. The van der Waals surface area contributed by atoms with Gasteiger partial charge < -0.3 is 0 Å². The molecular formula is C9H6N4. The Morgan fingerprint density at radius 2 is 2.08 bits per heavy atom. The zero-order valence-corrected chi connectivity index (χ0v) is 6.73. The van der Waals surface area contributed by atoms with E-state index >= 15 is 0 Å². The minimum absolute atomic E-state index is 0.806. The van der Waals surface area contributed by atoms with E-state index in [-0.39, 0.29) is 0 Å². The van der Waals surface area contributed by atoms with Gasteiger partial charge in [0, 0.05) is 17.0 Å². The number of aromatic amines is 1. The summed E-state index contributed by atoms with van der Waals surface area (Å²) in [6.45, 7) is 0. The molecule has 0 fully saturated rings. The second kappa shape index (κ2) is 2.26. The lowest BCUT2D eigenvalue weighted by atomic mass is 10.2. The van der Waals surface area contributed by atoms with Crippen LogP contribution >= 0.6 is 0 Å². The molecular weight excluding hydrogens is 164 g/mol. The van der Waals surface area contributed by atoms with E-state index in [1.54, 1.807) is 18.6 Å². The molecule has 0 radical (unpaired) electrons. The maximum absolute atomic E-state index is 4.21. The Balaban J connectivity index is 2.65. The first kappa shape index (κ1) is 6.54. The lowest BCUT2D eigenvalue weighted by molar-refractivity contribution is 1.10. The van der Waals surface area contributed by atoms with Crippen molar-refractivity contribution in [3.8, 4) is 0 Å². The molecule has 4 nitrogen and oxygen atoms in total. The molecule has 0 spiro atoms. The van der Waals surface area contributed by atoms with E-state index in [1.165, 1.54) is 0 Å². The molecule has 0 atom stereocenters. The Labute approximate surface area is 73.6 Å². The van der Waals surface area contributed by atoms with Crippen LogP contribution in [-0.4, -0.2) is 20.2 Å². The van der Waals surface area contributed by atoms with Gasteiger partial charge in [-0.05, 0) is 6.07 Å². The molecule has 13 heavy (non-hydrogen) atoms. The van der Waals surface area contributed by atoms with Crippen LogP contribution in [-0.2, 0) is 0 Å². The highest BCUT2D eigenvalue weighted by Gasteiger charge is 2.01. The normalized spacial score (nSPS) is 11.1. The molecule has 0 saturated heterocycles. The molecule has 0 bridgehead atoms. The van der Waals surface area contributed by atoms with E-state index in [1.807, 2.05) is 12.1 Å². The number of fused-ring (bicyclic) bond motifs is 3. The fourth-order valence-corrected chi connectivity index (χ4v) is 1.45. The van der Waals surface area contributed by atoms with Gasteiger partial charge in [0.1, 0.15) is 0 Å². The summed E-state index contributed by atoms with van der Waals surface area (Å²) in [6, 6.07) is 3.93. The van der Waals surface area contributed by atoms with Gasteiger partial charge in [-0.15, -0.1) is 0 Å². The van der Waals surface area contributed by atoms with E-state index < -0.39 is 0 Å². The van der Waals surface area contributed by atoms with Gasteiger partial charge in [-0.1, -0.05) is 6.07 Å². The Morgan fingerprint density at radius 1 is 1.08 bits per heavy atom. The van der Waals surface area contributed by atoms with Crippen molar-refractivity contribution in [2.75, 3.05) is 0 Å². The van der Waals surface area contributed by atoms with Gasteiger partial charge >= 0.3 is 0 Å². The minimum atomic E-state index is 0.806. The third-order valence-corrected chi connectivity index (χ3v) is 2.06. The summed E-state index contributed by atoms with van der Waals surface area (Å²) in [4.78, 5) is 8.40. The molecule has 3 heterocycles. The fourth-order valence-electron chi connectivity index (χ4n) is 1.45. The van der Waals surface area contributed by atoms with Gasteiger partial charge in [0.2, 0.25) is 0 Å². The third-order valence-electron chi connectivity index (χ3n) is 2.06. The number of pyridine rings is 2. The van der Waals surface area contributed by atoms with Gasteiger partial charge in [-0.25, -0.2) is 4.98 Å². The summed E-state index contributed by atoms with van der Waals surface area (Å²) in [5.41, 5.74) is 1.71. The maximum Gasteiger partial charge on any atom is 0.155 e. The van der Waals surface area contributed by atoms with Crippen molar-refractivity contribution in [1.29, 1.82) is 0 Å². The zero-order chi connectivity index (χ0) is 8.67. The van der Waals surface area contributed by atoms with Crippen LogP contribution in [0.2, 0.25) is 0 Å². The number of hydrogen-bond acceptors (Lipinski definition) is 3. The van der Waals surface area contributed by atoms with Crippen molar-refractivity contribution in [2.24, 2.45) is 0 Å². The number of aromatic nitrogens is 4. The van der Waals surface area contributed by atoms with Crippen molar-refractivity contribution in [2.45, 2.75) is 0 Å². The van der Waals surface area contributed by atoms with Crippen molar-refractivity contribution < 1.29 is 0 Å². The smallest absolute Gasteiger partial charge is 0.155 e. The van der Waals surface area contributed by atoms with Crippen molar-refractivity contribution in [3.05, 3.63) is 30.7 Å². The van der Waals surface area contributed by atoms with E-state index in [0.717, 1.165) is 21.9 Å². The van der Waals surface area contributed by atoms with Gasteiger partial charge in [0.25, 0.3) is 0 Å². The highest BCUT2D eigenvalue weighted by Crippen LogP contribution is 2.18. The van der Waals surface area contributed by atoms with Gasteiger partial charge in [0.15, 0.2) is 5.65 Å². The van der Waals surface area contributed by atoms with E-state index in [9.17, 15) is 0 Å². The molecule has 0 unspecified atom stereocenters. The van der Waals surface area contributed by atoms with Crippen LogP contribution in [0.4, 0.5) is 0 Å². The quantitative estimate of drug-likeness (QED) is 0.556. The molecule has 0 amide bonds. The van der Waals surface area contributed by atoms with Gasteiger partial charge in [-0.3, -0.25) is 10.1 Å². The molecule has 4 heteroatoms. The average molecular weight is 170 g/mol. The topological polar surface area (TPSA) is 54.5 Å². The molecule has 3 rings (SSSR count). The predicted octanol–water partition coefficient (Wildman–Crippen LogP) is 1.51. The Kier molecular flexibility index (Phi) is 1.14. The van der Waals surface area contributed by atoms with Crippen LogP contribution < -0.4 is 0 Å². The predicted molar refractivity (Wildman–Crippen MR) is 49.2 cm³/mol. The highest BCUT2D eigenvalue weighted by molar-refractivity contribution is 6.02. The summed E-state index contributed by atoms with van der Waals surface area (Å²) in [7, 11) is 0. The summed E-state index contributed by atoms with van der Waals surface area (Å²) >= 11 is 0. The van der Waals surface area contributed by atoms with Gasteiger partial charge in [0.05, 0.1) is 17.9 Å². The number of rotatable bonds is 0. The van der Waals surface area contributed by atoms with Crippen LogP contribution in [0, 0.1) is 0 Å². The highest BCUT2D eigenvalue weighted by atomic mass is 15.1. The van der Waals surface area contributed by atoms with Crippen LogP contribution in [0.3, 0.4) is 0 Å². The van der Waals surface area contributed by atoms with Crippen LogP contribution in [0.25, 0.3) is 21.9 Å². The van der Waals surface area contributed by atoms with Crippen molar-refractivity contribution in [1.82, 2.24) is 20.2 Å². The Hall–Kier alpha value is -1.97. The first-order valence-electron chi connectivity index (χ1n) is 3.98. The van der Waals surface area contributed by atoms with Gasteiger partial charge in [-0.2, -0.15) is 5.10 Å². The SMILES string of the molecule is c1cnc2cnc3[nH]ncc3c2c1. The fraction of sp³-hybridized carbons (Fsp3) is 0. The van der Waals surface area contributed by atoms with Crippen molar-refractivity contribution in [3.63, 3.8) is 0 Å². The first-order chi connectivity index (χ1) is 6.45. The summed E-state index contributed by atoms with van der Waals surface area (Å²) in [5.74, 6) is 0. The molecule has 0 aliphatic rings. The van der Waals surface area contributed by atoms with E-state index in [4.69, 9.17) is 0 Å². The second-order valence-corrected chi connectivity index (χ2v) is 2.83. The average Bonchev–Trinajstić information content (AvgIpc) is 2.65. The number of nitrogens with zero attached hydrogens (tertiary/aromatic N) is 3.